The number of morpholine rings is 1. The number of nitrogens with zero attached hydrogens (tertiary/aromatic N) is 4. The van der Waals surface area contributed by atoms with E-state index in [9.17, 15) is 18.0 Å². The number of rotatable bonds is 5. The summed E-state index contributed by atoms with van der Waals surface area (Å²) >= 11 is 0. The number of aromatic nitrogens is 2. The summed E-state index contributed by atoms with van der Waals surface area (Å²) in [5, 5.41) is 6.47. The van der Waals surface area contributed by atoms with Gasteiger partial charge in [-0.1, -0.05) is 19.1 Å². The number of halogens is 3. The third-order valence-corrected chi connectivity index (χ3v) is 4.29. The molecule has 2 aromatic rings. The summed E-state index contributed by atoms with van der Waals surface area (Å²) < 4.78 is 47.7. The second-order valence-corrected chi connectivity index (χ2v) is 6.41. The highest BCUT2D eigenvalue weighted by Gasteiger charge is 2.38. The average molecular weight is 398 g/mol. The monoisotopic (exact) mass is 398 g/mol. The van der Waals surface area contributed by atoms with Crippen molar-refractivity contribution in [3.05, 3.63) is 35.7 Å². The van der Waals surface area contributed by atoms with Crippen LogP contribution in [-0.4, -0.2) is 58.9 Å². The molecule has 1 fully saturated rings. The number of benzene rings is 1. The topological polar surface area (TPSA) is 71.7 Å². The Hall–Kier alpha value is -2.62. The zero-order chi connectivity index (χ0) is 20.1. The predicted molar refractivity (Wildman–Crippen MR) is 93.2 cm³/mol. The van der Waals surface area contributed by atoms with Crippen molar-refractivity contribution in [1.82, 2.24) is 20.0 Å². The van der Waals surface area contributed by atoms with Crippen LogP contribution < -0.4 is 0 Å². The van der Waals surface area contributed by atoms with Crippen LogP contribution in [0.3, 0.4) is 0 Å². The van der Waals surface area contributed by atoms with Crippen LogP contribution in [0.4, 0.5) is 18.0 Å². The zero-order valence-corrected chi connectivity index (χ0v) is 15.4. The van der Waals surface area contributed by atoms with E-state index in [1.165, 1.54) is 0 Å². The molecule has 152 valence electrons. The maximum absolute atomic E-state index is 12.7. The number of ether oxygens (including phenoxy) is 1. The summed E-state index contributed by atoms with van der Waals surface area (Å²) in [7, 11) is 0. The molecule has 1 aliphatic rings. The van der Waals surface area contributed by atoms with Gasteiger partial charge >= 0.3 is 18.1 Å². The highest BCUT2D eigenvalue weighted by molar-refractivity contribution is 5.74. The van der Waals surface area contributed by atoms with Crippen molar-refractivity contribution in [3.8, 4) is 11.5 Å². The van der Waals surface area contributed by atoms with E-state index in [1.807, 2.05) is 6.92 Å². The minimum atomic E-state index is -4.67. The maximum Gasteiger partial charge on any atom is 0.470 e. The number of urea groups is 1. The summed E-state index contributed by atoms with van der Waals surface area (Å²) in [5.74, 6) is -1.58. The van der Waals surface area contributed by atoms with Crippen LogP contribution in [0.25, 0.3) is 11.5 Å². The van der Waals surface area contributed by atoms with Crippen LogP contribution in [0.5, 0.6) is 0 Å². The average Bonchev–Trinajstić information content (AvgIpc) is 3.19. The summed E-state index contributed by atoms with van der Waals surface area (Å²) in [6, 6.07) is 6.64. The van der Waals surface area contributed by atoms with E-state index in [0.29, 0.717) is 45.0 Å². The van der Waals surface area contributed by atoms with Gasteiger partial charge in [0.2, 0.25) is 5.89 Å². The van der Waals surface area contributed by atoms with Gasteiger partial charge < -0.3 is 19.0 Å². The first-order valence-corrected chi connectivity index (χ1v) is 9.00. The van der Waals surface area contributed by atoms with Gasteiger partial charge in [0.15, 0.2) is 0 Å². The fraction of sp³-hybridized carbons (Fsp3) is 0.500. The standard InChI is InChI=1S/C18H21F3N4O3/c1-2-7-25(17(26)24-8-10-27-11-9-24)12-13-3-5-14(6-4-13)15-22-23-16(28-15)18(19,20)21/h3-6H,2,7-12H2,1H3. The van der Waals surface area contributed by atoms with Crippen molar-refractivity contribution < 1.29 is 27.1 Å². The second-order valence-electron chi connectivity index (χ2n) is 6.41. The largest absolute Gasteiger partial charge is 0.470 e. The van der Waals surface area contributed by atoms with Crippen LogP contribution in [-0.2, 0) is 17.5 Å². The molecule has 3 rings (SSSR count). The number of carbonyl (C=O) groups is 1. The minimum Gasteiger partial charge on any atom is -0.413 e. The first-order chi connectivity index (χ1) is 13.4. The lowest BCUT2D eigenvalue weighted by atomic mass is 10.1. The van der Waals surface area contributed by atoms with E-state index in [0.717, 1.165) is 12.0 Å². The molecule has 2 amide bonds. The SMILES string of the molecule is CCCN(Cc1ccc(-c2nnc(C(F)(F)F)o2)cc1)C(=O)N1CCOCC1. The van der Waals surface area contributed by atoms with Crippen molar-refractivity contribution in [2.45, 2.75) is 26.1 Å². The van der Waals surface area contributed by atoms with E-state index in [1.54, 1.807) is 34.1 Å². The molecule has 10 heteroatoms. The fourth-order valence-electron chi connectivity index (χ4n) is 2.89. The summed E-state index contributed by atoms with van der Waals surface area (Å²) in [4.78, 5) is 16.3. The van der Waals surface area contributed by atoms with Crippen LogP contribution in [0.2, 0.25) is 0 Å². The van der Waals surface area contributed by atoms with Crippen LogP contribution in [0.15, 0.2) is 28.7 Å². The molecule has 0 bridgehead atoms. The molecular formula is C18H21F3N4O3. The molecule has 0 spiro atoms. The highest BCUT2D eigenvalue weighted by atomic mass is 19.4. The van der Waals surface area contributed by atoms with Gasteiger partial charge in [-0.3, -0.25) is 0 Å². The van der Waals surface area contributed by atoms with Gasteiger partial charge in [-0.05, 0) is 24.1 Å². The van der Waals surface area contributed by atoms with Gasteiger partial charge in [-0.2, -0.15) is 13.2 Å². The molecule has 1 saturated heterocycles. The van der Waals surface area contributed by atoms with Gasteiger partial charge in [0.25, 0.3) is 0 Å². The number of alkyl halides is 3. The molecule has 1 aliphatic heterocycles. The molecule has 1 aromatic carbocycles. The van der Waals surface area contributed by atoms with Crippen LogP contribution in [0.1, 0.15) is 24.8 Å². The lowest BCUT2D eigenvalue weighted by molar-refractivity contribution is -0.156. The van der Waals surface area contributed by atoms with E-state index >= 15 is 0 Å². The molecule has 0 aliphatic carbocycles. The Morgan fingerprint density at radius 3 is 2.43 bits per heavy atom. The van der Waals surface area contributed by atoms with Crippen molar-refractivity contribution >= 4 is 6.03 Å². The molecule has 28 heavy (non-hydrogen) atoms. The Morgan fingerprint density at radius 2 is 1.86 bits per heavy atom. The zero-order valence-electron chi connectivity index (χ0n) is 15.4. The Bertz CT molecular complexity index is 786. The Kier molecular flexibility index (Phi) is 6.18. The molecular weight excluding hydrogens is 377 g/mol. The predicted octanol–water partition coefficient (Wildman–Crippen LogP) is 3.42. The quantitative estimate of drug-likeness (QED) is 0.772. The van der Waals surface area contributed by atoms with E-state index in [4.69, 9.17) is 4.74 Å². The van der Waals surface area contributed by atoms with Crippen molar-refractivity contribution in [3.63, 3.8) is 0 Å². The lowest BCUT2D eigenvalue weighted by Gasteiger charge is -2.33. The summed E-state index contributed by atoms with van der Waals surface area (Å²) in [6.07, 6.45) is -3.86. The maximum atomic E-state index is 12.7. The summed E-state index contributed by atoms with van der Waals surface area (Å²) in [6.45, 7) is 5.21. The number of carbonyl (C=O) groups excluding carboxylic acids is 1. The fourth-order valence-corrected chi connectivity index (χ4v) is 2.89. The van der Waals surface area contributed by atoms with Crippen LogP contribution in [0, 0.1) is 0 Å². The Morgan fingerprint density at radius 1 is 1.18 bits per heavy atom. The highest BCUT2D eigenvalue weighted by Crippen LogP contribution is 2.30. The molecule has 0 radical (unpaired) electrons. The van der Waals surface area contributed by atoms with Crippen molar-refractivity contribution in [1.29, 1.82) is 0 Å². The molecule has 0 atom stereocenters. The van der Waals surface area contributed by atoms with Gasteiger partial charge in [0.1, 0.15) is 0 Å². The molecule has 1 aromatic heterocycles. The molecule has 0 unspecified atom stereocenters. The number of hydrogen-bond donors (Lipinski definition) is 0. The Labute approximate surface area is 160 Å². The van der Waals surface area contributed by atoms with Crippen LogP contribution >= 0.6 is 0 Å². The summed E-state index contributed by atoms with van der Waals surface area (Å²) in [5.41, 5.74) is 1.24. The molecule has 7 nitrogen and oxygen atoms in total. The molecule has 0 N–H and O–H groups in total. The Balaban J connectivity index is 1.69. The second kappa shape index (κ2) is 8.59. The minimum absolute atomic E-state index is 0.0408. The van der Waals surface area contributed by atoms with Crippen molar-refractivity contribution in [2.24, 2.45) is 0 Å². The van der Waals surface area contributed by atoms with E-state index in [2.05, 4.69) is 14.6 Å². The first-order valence-electron chi connectivity index (χ1n) is 9.00. The number of hydrogen-bond acceptors (Lipinski definition) is 5. The first kappa shape index (κ1) is 20.1. The van der Waals surface area contributed by atoms with Gasteiger partial charge in [-0.25, -0.2) is 4.79 Å². The van der Waals surface area contributed by atoms with E-state index in [-0.39, 0.29) is 11.9 Å². The third kappa shape index (κ3) is 4.80. The normalized spacial score (nSPS) is 14.9. The smallest absolute Gasteiger partial charge is 0.413 e. The van der Waals surface area contributed by atoms with Crippen molar-refractivity contribution in [2.75, 3.05) is 32.8 Å². The molecule has 0 saturated carbocycles. The number of amides is 2. The van der Waals surface area contributed by atoms with Gasteiger partial charge in [-0.15, -0.1) is 10.2 Å². The third-order valence-electron chi connectivity index (χ3n) is 4.29. The molecule has 2 heterocycles. The van der Waals surface area contributed by atoms with E-state index < -0.39 is 12.1 Å². The lowest BCUT2D eigenvalue weighted by Crippen LogP contribution is -2.48. The van der Waals surface area contributed by atoms with Gasteiger partial charge in [0.05, 0.1) is 13.2 Å². The van der Waals surface area contributed by atoms with Gasteiger partial charge in [0, 0.05) is 31.7 Å².